The fourth-order valence-electron chi connectivity index (χ4n) is 10.5. The molecule has 8 aliphatic carbocycles. The Morgan fingerprint density at radius 2 is 1.04 bits per heavy atom. The Hall–Kier alpha value is -0.980. The monoisotopic (exact) mass is 376 g/mol. The third kappa shape index (κ3) is 2.15. The Bertz CT molecular complexity index is 762. The summed E-state index contributed by atoms with van der Waals surface area (Å²) in [5.74, 6) is 6.44. The van der Waals surface area contributed by atoms with Crippen molar-refractivity contribution in [1.82, 2.24) is 0 Å². The van der Waals surface area contributed by atoms with Crippen molar-refractivity contribution in [2.75, 3.05) is 0 Å². The van der Waals surface area contributed by atoms with Crippen LogP contribution in [0.15, 0.2) is 12.1 Å². The molecule has 28 heavy (non-hydrogen) atoms. The Balaban J connectivity index is 1.41. The van der Waals surface area contributed by atoms with Crippen molar-refractivity contribution in [2.45, 2.75) is 94.8 Å². The van der Waals surface area contributed by atoms with Gasteiger partial charge in [0.15, 0.2) is 0 Å². The molecule has 0 saturated heterocycles. The zero-order valence-corrected chi connectivity index (χ0v) is 17.6. The standard InChI is InChI=1S/C27H36O/c1-16-2-3-23(26-10-17-4-18(11-26)6-19(5-17)12-26)24(25(16)28)27-13-20-7-21(14-27)9-22(8-20)15-27/h2-3,17-22,28H,4-15H2,1H3. The Morgan fingerprint density at radius 1 is 0.643 bits per heavy atom. The maximum Gasteiger partial charge on any atom is 0.122 e. The first kappa shape index (κ1) is 16.8. The molecule has 8 aliphatic rings. The van der Waals surface area contributed by atoms with Gasteiger partial charge in [-0.05, 0) is 136 Å². The third-order valence-corrected chi connectivity index (χ3v) is 10.6. The zero-order chi connectivity index (χ0) is 18.7. The molecule has 0 heterocycles. The van der Waals surface area contributed by atoms with Crippen LogP contribution in [0.2, 0.25) is 0 Å². The summed E-state index contributed by atoms with van der Waals surface area (Å²) in [5.41, 5.74) is 4.95. The van der Waals surface area contributed by atoms with Gasteiger partial charge in [-0.25, -0.2) is 0 Å². The van der Waals surface area contributed by atoms with E-state index >= 15 is 0 Å². The van der Waals surface area contributed by atoms with E-state index in [9.17, 15) is 5.11 Å². The molecular formula is C27H36O. The summed E-state index contributed by atoms with van der Waals surface area (Å²) >= 11 is 0. The van der Waals surface area contributed by atoms with Crippen LogP contribution in [0, 0.1) is 42.4 Å². The van der Waals surface area contributed by atoms with E-state index in [2.05, 4.69) is 19.1 Å². The molecule has 1 heteroatoms. The predicted molar refractivity (Wildman–Crippen MR) is 113 cm³/mol. The van der Waals surface area contributed by atoms with Gasteiger partial charge in [-0.2, -0.15) is 0 Å². The van der Waals surface area contributed by atoms with Crippen LogP contribution >= 0.6 is 0 Å². The number of aromatic hydroxyl groups is 1. The summed E-state index contributed by atoms with van der Waals surface area (Å²) in [6.45, 7) is 2.14. The van der Waals surface area contributed by atoms with E-state index in [1.165, 1.54) is 82.6 Å². The molecule has 1 N–H and O–H groups in total. The molecule has 0 spiro atoms. The smallest absolute Gasteiger partial charge is 0.122 e. The van der Waals surface area contributed by atoms with Crippen LogP contribution in [0.25, 0.3) is 0 Å². The second kappa shape index (κ2) is 5.38. The highest BCUT2D eigenvalue weighted by Gasteiger charge is 2.57. The van der Waals surface area contributed by atoms with E-state index in [-0.39, 0.29) is 0 Å². The number of hydrogen-bond acceptors (Lipinski definition) is 1. The maximum absolute atomic E-state index is 11.5. The fraction of sp³-hybridized carbons (Fsp3) is 0.778. The van der Waals surface area contributed by atoms with Gasteiger partial charge in [-0.1, -0.05) is 12.1 Å². The highest BCUT2D eigenvalue weighted by atomic mass is 16.3. The molecule has 0 atom stereocenters. The lowest BCUT2D eigenvalue weighted by molar-refractivity contribution is -0.0182. The number of phenolic OH excluding ortho intramolecular Hbond substituents is 1. The topological polar surface area (TPSA) is 20.2 Å². The average molecular weight is 377 g/mol. The number of aryl methyl sites for hydroxylation is 1. The molecule has 9 rings (SSSR count). The number of phenols is 1. The van der Waals surface area contributed by atoms with E-state index in [0.717, 1.165) is 41.1 Å². The molecule has 8 saturated carbocycles. The van der Waals surface area contributed by atoms with Gasteiger partial charge in [0, 0.05) is 11.0 Å². The lowest BCUT2D eigenvalue weighted by Gasteiger charge is -2.61. The van der Waals surface area contributed by atoms with Gasteiger partial charge in [0.2, 0.25) is 0 Å². The molecule has 0 amide bonds. The molecule has 0 aromatic heterocycles. The third-order valence-electron chi connectivity index (χ3n) is 10.6. The van der Waals surface area contributed by atoms with Crippen molar-refractivity contribution in [3.8, 4) is 5.75 Å². The minimum atomic E-state index is 0.309. The van der Waals surface area contributed by atoms with Crippen LogP contribution in [0.5, 0.6) is 5.75 Å². The van der Waals surface area contributed by atoms with Crippen LogP contribution < -0.4 is 0 Å². The summed E-state index contributed by atoms with van der Waals surface area (Å²) in [6, 6.07) is 4.77. The van der Waals surface area contributed by atoms with E-state index in [1.54, 1.807) is 5.56 Å². The normalized spacial score (nSPS) is 50.5. The average Bonchev–Trinajstić information content (AvgIpc) is 2.61. The van der Waals surface area contributed by atoms with Crippen molar-refractivity contribution in [3.63, 3.8) is 0 Å². The van der Waals surface area contributed by atoms with Crippen molar-refractivity contribution in [2.24, 2.45) is 35.5 Å². The molecular weight excluding hydrogens is 340 g/mol. The number of rotatable bonds is 2. The van der Waals surface area contributed by atoms with Crippen molar-refractivity contribution in [1.29, 1.82) is 0 Å². The number of hydrogen-bond donors (Lipinski definition) is 1. The van der Waals surface area contributed by atoms with Gasteiger partial charge in [0.1, 0.15) is 5.75 Å². The van der Waals surface area contributed by atoms with Gasteiger partial charge >= 0.3 is 0 Å². The van der Waals surface area contributed by atoms with Crippen molar-refractivity contribution < 1.29 is 5.11 Å². The van der Waals surface area contributed by atoms with Gasteiger partial charge < -0.3 is 5.11 Å². The maximum atomic E-state index is 11.5. The quantitative estimate of drug-likeness (QED) is 0.613. The second-order valence-corrected chi connectivity index (χ2v) is 12.5. The highest BCUT2D eigenvalue weighted by molar-refractivity contribution is 5.54. The minimum absolute atomic E-state index is 0.309. The SMILES string of the molecule is Cc1ccc(C23CC4CC(CC(C4)C2)C3)c(C23CC4CC(CC(C4)C2)C3)c1O. The summed E-state index contributed by atoms with van der Waals surface area (Å²) in [5, 5.41) is 11.5. The summed E-state index contributed by atoms with van der Waals surface area (Å²) in [6.07, 6.45) is 17.3. The van der Waals surface area contributed by atoms with Crippen molar-refractivity contribution >= 4 is 0 Å². The molecule has 8 fully saturated rings. The Labute approximate surface area is 170 Å². The lowest BCUT2D eigenvalue weighted by Crippen LogP contribution is -2.52. The summed E-state index contributed by atoms with van der Waals surface area (Å²) in [7, 11) is 0. The predicted octanol–water partition coefficient (Wildman–Crippen LogP) is 6.64. The molecule has 8 bridgehead atoms. The second-order valence-electron chi connectivity index (χ2n) is 12.5. The fourth-order valence-corrected chi connectivity index (χ4v) is 10.5. The van der Waals surface area contributed by atoms with E-state index in [1.807, 2.05) is 0 Å². The van der Waals surface area contributed by atoms with Gasteiger partial charge in [0.05, 0.1) is 0 Å². The van der Waals surface area contributed by atoms with Gasteiger partial charge in [-0.3, -0.25) is 0 Å². The molecule has 1 aromatic rings. The van der Waals surface area contributed by atoms with Crippen LogP contribution in [0.4, 0.5) is 0 Å². The molecule has 150 valence electrons. The van der Waals surface area contributed by atoms with Crippen LogP contribution in [0.1, 0.15) is 93.7 Å². The first-order valence-electron chi connectivity index (χ1n) is 12.4. The van der Waals surface area contributed by atoms with E-state index in [4.69, 9.17) is 0 Å². The summed E-state index contributed by atoms with van der Waals surface area (Å²) in [4.78, 5) is 0. The van der Waals surface area contributed by atoms with Crippen LogP contribution in [-0.2, 0) is 10.8 Å². The number of benzene rings is 1. The molecule has 0 aliphatic heterocycles. The highest BCUT2D eigenvalue weighted by Crippen LogP contribution is 2.66. The molecule has 0 unspecified atom stereocenters. The largest absolute Gasteiger partial charge is 0.507 e. The first-order valence-corrected chi connectivity index (χ1v) is 12.4. The molecule has 1 aromatic carbocycles. The lowest BCUT2D eigenvalue weighted by atomic mass is 9.44. The van der Waals surface area contributed by atoms with Crippen LogP contribution in [0.3, 0.4) is 0 Å². The zero-order valence-electron chi connectivity index (χ0n) is 17.6. The summed E-state index contributed by atoms with van der Waals surface area (Å²) < 4.78 is 0. The van der Waals surface area contributed by atoms with Gasteiger partial charge in [-0.15, -0.1) is 0 Å². The molecule has 1 nitrogen and oxygen atoms in total. The first-order chi connectivity index (χ1) is 13.5. The Morgan fingerprint density at radius 3 is 1.46 bits per heavy atom. The van der Waals surface area contributed by atoms with Crippen LogP contribution in [-0.4, -0.2) is 5.11 Å². The van der Waals surface area contributed by atoms with E-state index in [0.29, 0.717) is 16.6 Å². The van der Waals surface area contributed by atoms with Crippen molar-refractivity contribution in [3.05, 3.63) is 28.8 Å². The van der Waals surface area contributed by atoms with Gasteiger partial charge in [0.25, 0.3) is 0 Å². The van der Waals surface area contributed by atoms with E-state index < -0.39 is 0 Å². The Kier molecular flexibility index (Phi) is 3.22. The minimum Gasteiger partial charge on any atom is -0.507 e. The molecule has 0 radical (unpaired) electrons.